The van der Waals surface area contributed by atoms with Crippen molar-refractivity contribution in [1.29, 1.82) is 0 Å². The average molecular weight is 314 g/mol. The van der Waals surface area contributed by atoms with Crippen LogP contribution >= 0.6 is 11.6 Å². The molecule has 3 amide bonds. The van der Waals surface area contributed by atoms with Crippen LogP contribution in [0.4, 0.5) is 10.5 Å². The van der Waals surface area contributed by atoms with Gasteiger partial charge in [-0.25, -0.2) is 9.59 Å². The molecule has 0 fully saturated rings. The maximum atomic E-state index is 11.8. The number of hydrogen-bond acceptors (Lipinski definition) is 3. The van der Waals surface area contributed by atoms with Gasteiger partial charge in [0.25, 0.3) is 0 Å². The van der Waals surface area contributed by atoms with Gasteiger partial charge in [-0.3, -0.25) is 4.79 Å². The van der Waals surface area contributed by atoms with Gasteiger partial charge in [0.15, 0.2) is 0 Å². The first-order valence-electron chi connectivity index (χ1n) is 6.23. The standard InChI is InChI=1S/C13H16ClN3O4/c1-3-15-11(18)7(2)16-13(21)17-10-6-8(14)4-5-9(10)12(19)20/h4-7H,3H2,1-2H3,(H,15,18)(H,19,20)(H2,16,17,21). The molecule has 114 valence electrons. The van der Waals surface area contributed by atoms with E-state index in [9.17, 15) is 14.4 Å². The minimum Gasteiger partial charge on any atom is -0.478 e. The Kier molecular flexibility index (Phi) is 5.98. The highest BCUT2D eigenvalue weighted by atomic mass is 35.5. The van der Waals surface area contributed by atoms with E-state index in [0.29, 0.717) is 6.54 Å². The van der Waals surface area contributed by atoms with Crippen molar-refractivity contribution in [3.8, 4) is 0 Å². The highest BCUT2D eigenvalue weighted by Gasteiger charge is 2.17. The molecule has 0 aliphatic rings. The van der Waals surface area contributed by atoms with E-state index in [2.05, 4.69) is 16.0 Å². The summed E-state index contributed by atoms with van der Waals surface area (Å²) >= 11 is 5.77. The van der Waals surface area contributed by atoms with Crippen molar-refractivity contribution in [3.63, 3.8) is 0 Å². The normalized spacial score (nSPS) is 11.4. The van der Waals surface area contributed by atoms with Gasteiger partial charge in [0.2, 0.25) is 5.91 Å². The Bertz CT molecular complexity index is 562. The number of rotatable bonds is 5. The van der Waals surface area contributed by atoms with Gasteiger partial charge in [0, 0.05) is 11.6 Å². The molecule has 8 heteroatoms. The van der Waals surface area contributed by atoms with Crippen molar-refractivity contribution in [1.82, 2.24) is 10.6 Å². The van der Waals surface area contributed by atoms with Gasteiger partial charge in [-0.15, -0.1) is 0 Å². The largest absolute Gasteiger partial charge is 0.478 e. The predicted molar refractivity (Wildman–Crippen MR) is 78.7 cm³/mol. The third-order valence-corrected chi connectivity index (χ3v) is 2.79. The molecule has 21 heavy (non-hydrogen) atoms. The fourth-order valence-corrected chi connectivity index (χ4v) is 1.73. The molecule has 0 aliphatic heterocycles. The quantitative estimate of drug-likeness (QED) is 0.663. The Hall–Kier alpha value is -2.28. The minimum absolute atomic E-state index is 0.0515. The summed E-state index contributed by atoms with van der Waals surface area (Å²) in [6, 6.07) is 2.57. The van der Waals surface area contributed by atoms with Crippen molar-refractivity contribution in [3.05, 3.63) is 28.8 Å². The molecule has 0 saturated heterocycles. The zero-order valence-corrected chi connectivity index (χ0v) is 12.3. The van der Waals surface area contributed by atoms with E-state index in [1.807, 2.05) is 0 Å². The van der Waals surface area contributed by atoms with Crippen molar-refractivity contribution >= 4 is 35.2 Å². The Labute approximate surface area is 126 Å². The zero-order valence-electron chi connectivity index (χ0n) is 11.6. The predicted octanol–water partition coefficient (Wildman–Crippen LogP) is 1.68. The lowest BCUT2D eigenvalue weighted by molar-refractivity contribution is -0.122. The number of carboxylic acid groups (broad SMARTS) is 1. The molecule has 1 aromatic rings. The fourth-order valence-electron chi connectivity index (χ4n) is 1.55. The molecule has 0 aliphatic carbocycles. The third kappa shape index (κ3) is 4.96. The van der Waals surface area contributed by atoms with Crippen LogP contribution in [0, 0.1) is 0 Å². The summed E-state index contributed by atoms with van der Waals surface area (Å²) in [6.45, 7) is 3.72. The first-order chi connectivity index (χ1) is 9.85. The van der Waals surface area contributed by atoms with Crippen LogP contribution in [0.15, 0.2) is 18.2 Å². The second-order valence-electron chi connectivity index (χ2n) is 4.21. The Morgan fingerprint density at radius 3 is 2.57 bits per heavy atom. The molecule has 0 heterocycles. The summed E-state index contributed by atoms with van der Waals surface area (Å²) < 4.78 is 0. The SMILES string of the molecule is CCNC(=O)C(C)NC(=O)Nc1cc(Cl)ccc1C(=O)O. The number of anilines is 1. The van der Waals surface area contributed by atoms with Crippen molar-refractivity contribution in [2.24, 2.45) is 0 Å². The summed E-state index contributed by atoms with van der Waals surface area (Å²) in [6.07, 6.45) is 0. The smallest absolute Gasteiger partial charge is 0.337 e. The number of urea groups is 1. The first-order valence-corrected chi connectivity index (χ1v) is 6.61. The number of aromatic carboxylic acids is 1. The molecular weight excluding hydrogens is 298 g/mol. The van der Waals surface area contributed by atoms with Gasteiger partial charge in [-0.1, -0.05) is 11.6 Å². The van der Waals surface area contributed by atoms with Crippen molar-refractivity contribution in [2.75, 3.05) is 11.9 Å². The Morgan fingerprint density at radius 1 is 1.33 bits per heavy atom. The summed E-state index contributed by atoms with van der Waals surface area (Å²) in [5, 5.41) is 16.6. The number of likely N-dealkylation sites (N-methyl/N-ethyl adjacent to an activating group) is 1. The van der Waals surface area contributed by atoms with Crippen LogP contribution in [-0.2, 0) is 4.79 Å². The maximum absolute atomic E-state index is 11.8. The number of amides is 3. The van der Waals surface area contributed by atoms with E-state index in [1.165, 1.54) is 25.1 Å². The maximum Gasteiger partial charge on any atom is 0.337 e. The number of carbonyl (C=O) groups is 3. The number of halogens is 1. The second kappa shape index (κ2) is 7.49. The van der Waals surface area contributed by atoms with Crippen LogP contribution < -0.4 is 16.0 Å². The van der Waals surface area contributed by atoms with Gasteiger partial charge >= 0.3 is 12.0 Å². The number of carbonyl (C=O) groups excluding carboxylic acids is 2. The molecule has 1 aromatic carbocycles. The zero-order chi connectivity index (χ0) is 16.0. The van der Waals surface area contributed by atoms with Gasteiger partial charge in [-0.05, 0) is 32.0 Å². The Balaban J connectivity index is 2.77. The molecule has 0 bridgehead atoms. The molecule has 1 atom stereocenters. The van der Waals surface area contributed by atoms with Crippen molar-refractivity contribution < 1.29 is 19.5 Å². The van der Waals surface area contributed by atoms with Gasteiger partial charge in [0.05, 0.1) is 11.3 Å². The minimum atomic E-state index is -1.20. The van der Waals surface area contributed by atoms with Crippen LogP contribution in [0.25, 0.3) is 0 Å². The number of carboxylic acids is 1. The lowest BCUT2D eigenvalue weighted by Gasteiger charge is -2.15. The molecule has 0 radical (unpaired) electrons. The van der Waals surface area contributed by atoms with E-state index in [4.69, 9.17) is 16.7 Å². The summed E-state index contributed by atoms with van der Waals surface area (Å²) in [5.41, 5.74) is -0.0455. The van der Waals surface area contributed by atoms with Crippen LogP contribution in [0.5, 0.6) is 0 Å². The van der Waals surface area contributed by atoms with E-state index in [-0.39, 0.29) is 22.2 Å². The lowest BCUT2D eigenvalue weighted by atomic mass is 10.2. The van der Waals surface area contributed by atoms with Crippen LogP contribution in [0.1, 0.15) is 24.2 Å². The van der Waals surface area contributed by atoms with E-state index in [0.717, 1.165) is 0 Å². The molecular formula is C13H16ClN3O4. The summed E-state index contributed by atoms with van der Waals surface area (Å²) in [7, 11) is 0. The monoisotopic (exact) mass is 313 g/mol. The molecule has 7 nitrogen and oxygen atoms in total. The molecule has 4 N–H and O–H groups in total. The molecule has 0 saturated carbocycles. The number of nitrogens with one attached hydrogen (secondary N) is 3. The Morgan fingerprint density at radius 2 is 2.00 bits per heavy atom. The summed E-state index contributed by atoms with van der Waals surface area (Å²) in [5.74, 6) is -1.53. The van der Waals surface area contributed by atoms with Gasteiger partial charge < -0.3 is 21.1 Å². The van der Waals surface area contributed by atoms with E-state index >= 15 is 0 Å². The average Bonchev–Trinajstić information content (AvgIpc) is 2.38. The highest BCUT2D eigenvalue weighted by Crippen LogP contribution is 2.21. The molecule has 1 unspecified atom stereocenters. The molecule has 0 aromatic heterocycles. The van der Waals surface area contributed by atoms with E-state index in [1.54, 1.807) is 6.92 Å². The topological polar surface area (TPSA) is 108 Å². The van der Waals surface area contributed by atoms with Gasteiger partial charge in [-0.2, -0.15) is 0 Å². The number of hydrogen-bond donors (Lipinski definition) is 4. The molecule has 0 spiro atoms. The lowest BCUT2D eigenvalue weighted by Crippen LogP contribution is -2.46. The molecule has 1 rings (SSSR count). The van der Waals surface area contributed by atoms with Crippen LogP contribution in [-0.4, -0.2) is 35.6 Å². The number of benzene rings is 1. The van der Waals surface area contributed by atoms with E-state index < -0.39 is 18.0 Å². The van der Waals surface area contributed by atoms with Crippen LogP contribution in [0.3, 0.4) is 0 Å². The van der Waals surface area contributed by atoms with Crippen LogP contribution in [0.2, 0.25) is 5.02 Å². The summed E-state index contributed by atoms with van der Waals surface area (Å²) in [4.78, 5) is 34.3. The highest BCUT2D eigenvalue weighted by molar-refractivity contribution is 6.31. The van der Waals surface area contributed by atoms with Crippen molar-refractivity contribution in [2.45, 2.75) is 19.9 Å². The first kappa shape index (κ1) is 16.8. The second-order valence-corrected chi connectivity index (χ2v) is 4.65. The third-order valence-electron chi connectivity index (χ3n) is 2.55. The fraction of sp³-hybridized carbons (Fsp3) is 0.308. The van der Waals surface area contributed by atoms with Gasteiger partial charge in [0.1, 0.15) is 6.04 Å².